The van der Waals surface area contributed by atoms with Crippen LogP contribution in [-0.4, -0.2) is 49.7 Å². The lowest BCUT2D eigenvalue weighted by Gasteiger charge is -2.26. The van der Waals surface area contributed by atoms with Gasteiger partial charge in [-0.1, -0.05) is 30.3 Å². The number of nitrogens with zero attached hydrogens (tertiary/aromatic N) is 1. The van der Waals surface area contributed by atoms with Crippen LogP contribution in [0.15, 0.2) is 30.3 Å². The molecule has 1 aliphatic heterocycles. The van der Waals surface area contributed by atoms with Crippen LogP contribution in [0.5, 0.6) is 0 Å². The minimum absolute atomic E-state index is 0.0402. The van der Waals surface area contributed by atoms with E-state index in [1.165, 1.54) is 12.7 Å². The van der Waals surface area contributed by atoms with E-state index in [0.717, 1.165) is 25.8 Å². The minimum atomic E-state index is -0.175. The zero-order valence-electron chi connectivity index (χ0n) is 14.9. The first-order chi connectivity index (χ1) is 12.1. The molecule has 0 spiro atoms. The van der Waals surface area contributed by atoms with Crippen LogP contribution in [-0.2, 0) is 9.53 Å². The third-order valence-corrected chi connectivity index (χ3v) is 5.41. The monoisotopic (exact) mass is 345 g/mol. The Labute approximate surface area is 148 Å². The average molecular weight is 345 g/mol. The molecular weight excluding hydrogens is 318 g/mol. The number of carbonyl (C=O) groups excluding carboxylic acids is 2. The molecule has 1 saturated carbocycles. The van der Waals surface area contributed by atoms with E-state index in [1.807, 2.05) is 18.2 Å². The Morgan fingerprint density at radius 1 is 1.12 bits per heavy atom. The van der Waals surface area contributed by atoms with Crippen molar-refractivity contribution in [2.24, 2.45) is 5.92 Å². The molecule has 6 heteroatoms. The number of esters is 1. The highest BCUT2D eigenvalue weighted by Gasteiger charge is 2.35. The number of ether oxygens (including phenoxy) is 1. The Hall–Kier alpha value is -2.08. The van der Waals surface area contributed by atoms with Gasteiger partial charge in [-0.15, -0.1) is 0 Å². The number of amides is 2. The highest BCUT2D eigenvalue weighted by atomic mass is 16.5. The highest BCUT2D eigenvalue weighted by Crippen LogP contribution is 2.31. The molecule has 25 heavy (non-hydrogen) atoms. The third-order valence-electron chi connectivity index (χ3n) is 5.41. The number of urea groups is 1. The van der Waals surface area contributed by atoms with E-state index in [9.17, 15) is 9.59 Å². The van der Waals surface area contributed by atoms with Crippen molar-refractivity contribution in [3.8, 4) is 0 Å². The first-order valence-electron chi connectivity index (χ1n) is 8.98. The molecule has 2 fully saturated rings. The molecule has 1 saturated heterocycles. The topological polar surface area (TPSA) is 70.7 Å². The van der Waals surface area contributed by atoms with Gasteiger partial charge in [-0.3, -0.25) is 9.69 Å². The summed E-state index contributed by atoms with van der Waals surface area (Å²) in [5, 5.41) is 6.16. The smallest absolute Gasteiger partial charge is 0.315 e. The van der Waals surface area contributed by atoms with Crippen molar-refractivity contribution in [1.82, 2.24) is 15.5 Å². The largest absolute Gasteiger partial charge is 0.469 e. The summed E-state index contributed by atoms with van der Waals surface area (Å²) in [6.45, 7) is 0.957. The molecule has 0 unspecified atom stereocenters. The molecule has 1 heterocycles. The Morgan fingerprint density at radius 3 is 2.60 bits per heavy atom. The Balaban J connectivity index is 1.55. The van der Waals surface area contributed by atoms with E-state index in [-0.39, 0.29) is 36.0 Å². The normalized spacial score (nSPS) is 29.4. The van der Waals surface area contributed by atoms with Gasteiger partial charge in [0.05, 0.1) is 25.1 Å². The molecule has 6 nitrogen and oxygen atoms in total. The van der Waals surface area contributed by atoms with Crippen molar-refractivity contribution in [2.45, 2.75) is 43.8 Å². The van der Waals surface area contributed by atoms with E-state index in [2.05, 4.69) is 34.7 Å². The van der Waals surface area contributed by atoms with Crippen LogP contribution < -0.4 is 10.6 Å². The Kier molecular flexibility index (Phi) is 5.58. The fourth-order valence-electron chi connectivity index (χ4n) is 4.12. The van der Waals surface area contributed by atoms with Crippen LogP contribution in [0, 0.1) is 5.92 Å². The fourth-order valence-corrected chi connectivity index (χ4v) is 4.12. The molecule has 0 bridgehead atoms. The van der Waals surface area contributed by atoms with Crippen molar-refractivity contribution < 1.29 is 14.3 Å². The number of hydrogen-bond acceptors (Lipinski definition) is 4. The van der Waals surface area contributed by atoms with E-state index in [4.69, 9.17) is 4.74 Å². The van der Waals surface area contributed by atoms with Crippen LogP contribution in [0.3, 0.4) is 0 Å². The van der Waals surface area contributed by atoms with Crippen LogP contribution in [0.1, 0.15) is 37.3 Å². The van der Waals surface area contributed by atoms with Crippen molar-refractivity contribution in [3.63, 3.8) is 0 Å². The molecule has 1 aromatic carbocycles. The van der Waals surface area contributed by atoms with Gasteiger partial charge >= 0.3 is 12.0 Å². The van der Waals surface area contributed by atoms with E-state index >= 15 is 0 Å². The van der Waals surface area contributed by atoms with E-state index < -0.39 is 0 Å². The molecular formula is C19H27N3O3. The lowest BCUT2D eigenvalue weighted by molar-refractivity contribution is -0.145. The summed E-state index contributed by atoms with van der Waals surface area (Å²) < 4.78 is 4.80. The van der Waals surface area contributed by atoms with Crippen molar-refractivity contribution in [2.75, 3.05) is 20.7 Å². The molecule has 2 N–H and O–H groups in total. The lowest BCUT2D eigenvalue weighted by atomic mass is 10.0. The van der Waals surface area contributed by atoms with Gasteiger partial charge in [-0.05, 0) is 38.3 Å². The maximum Gasteiger partial charge on any atom is 0.315 e. The predicted molar refractivity (Wildman–Crippen MR) is 95.0 cm³/mol. The summed E-state index contributed by atoms with van der Waals surface area (Å²) >= 11 is 0. The first kappa shape index (κ1) is 17.7. The van der Waals surface area contributed by atoms with Crippen LogP contribution in [0.2, 0.25) is 0 Å². The number of hydrogen-bond donors (Lipinski definition) is 2. The fraction of sp³-hybridized carbons (Fsp3) is 0.579. The van der Waals surface area contributed by atoms with Gasteiger partial charge in [-0.2, -0.15) is 0 Å². The standard InChI is InChI=1S/C19H27N3O3/c1-22-11-10-16(17(22)13-6-4-3-5-7-13)21-19(24)20-15-9-8-14(12-15)18(23)25-2/h3-7,14-17H,8-12H2,1-2H3,(H2,20,21,24)/t14-,15+,16+,17-/m0/s1. The quantitative estimate of drug-likeness (QED) is 0.820. The minimum Gasteiger partial charge on any atom is -0.469 e. The van der Waals surface area contributed by atoms with Crippen LogP contribution in [0.4, 0.5) is 4.79 Å². The SMILES string of the molecule is COC(=O)[C@H]1CC[C@@H](NC(=O)N[C@@H]2CCN(C)[C@H]2c2ccccc2)C1. The molecule has 2 amide bonds. The first-order valence-corrected chi connectivity index (χ1v) is 8.98. The van der Waals surface area contributed by atoms with Gasteiger partial charge in [0.15, 0.2) is 0 Å². The number of nitrogens with one attached hydrogen (secondary N) is 2. The zero-order valence-corrected chi connectivity index (χ0v) is 14.9. The molecule has 136 valence electrons. The summed E-state index contributed by atoms with van der Waals surface area (Å²) in [5.41, 5.74) is 1.22. The number of methoxy groups -OCH3 is 1. The maximum atomic E-state index is 12.4. The molecule has 0 aromatic heterocycles. The van der Waals surface area contributed by atoms with Crippen molar-refractivity contribution in [1.29, 1.82) is 0 Å². The number of likely N-dealkylation sites (N-methyl/N-ethyl adjacent to an activating group) is 1. The summed E-state index contributed by atoms with van der Waals surface area (Å²) in [7, 11) is 3.51. The van der Waals surface area contributed by atoms with Gasteiger partial charge in [0.1, 0.15) is 0 Å². The van der Waals surface area contributed by atoms with Gasteiger partial charge in [0.25, 0.3) is 0 Å². The van der Waals surface area contributed by atoms with Gasteiger partial charge < -0.3 is 15.4 Å². The van der Waals surface area contributed by atoms with Gasteiger partial charge in [0, 0.05) is 12.6 Å². The number of rotatable bonds is 4. The van der Waals surface area contributed by atoms with Crippen LogP contribution in [0.25, 0.3) is 0 Å². The van der Waals surface area contributed by atoms with Crippen molar-refractivity contribution >= 4 is 12.0 Å². The molecule has 2 aliphatic rings. The Morgan fingerprint density at radius 2 is 1.88 bits per heavy atom. The van der Waals surface area contributed by atoms with Gasteiger partial charge in [0.2, 0.25) is 0 Å². The number of carbonyl (C=O) groups is 2. The van der Waals surface area contributed by atoms with E-state index in [1.54, 1.807) is 0 Å². The van der Waals surface area contributed by atoms with Crippen LogP contribution >= 0.6 is 0 Å². The number of likely N-dealkylation sites (tertiary alicyclic amines) is 1. The van der Waals surface area contributed by atoms with Crippen molar-refractivity contribution in [3.05, 3.63) is 35.9 Å². The predicted octanol–water partition coefficient (Wildman–Crippen LogP) is 2.07. The second kappa shape index (κ2) is 7.87. The van der Waals surface area contributed by atoms with Gasteiger partial charge in [-0.25, -0.2) is 4.79 Å². The molecule has 1 aliphatic carbocycles. The Bertz CT molecular complexity index is 607. The van der Waals surface area contributed by atoms with E-state index in [0.29, 0.717) is 6.42 Å². The molecule has 0 radical (unpaired) electrons. The maximum absolute atomic E-state index is 12.4. The summed E-state index contributed by atoms with van der Waals surface area (Å²) in [6.07, 6.45) is 3.18. The highest BCUT2D eigenvalue weighted by molar-refractivity contribution is 5.76. The second-order valence-electron chi connectivity index (χ2n) is 7.08. The lowest BCUT2D eigenvalue weighted by Crippen LogP contribution is -2.47. The third kappa shape index (κ3) is 4.12. The average Bonchev–Trinajstić information content (AvgIpc) is 3.22. The number of benzene rings is 1. The second-order valence-corrected chi connectivity index (χ2v) is 7.08. The summed E-state index contributed by atoms with van der Waals surface area (Å²) in [4.78, 5) is 26.3. The summed E-state index contributed by atoms with van der Waals surface area (Å²) in [5.74, 6) is -0.267. The summed E-state index contributed by atoms with van der Waals surface area (Å²) in [6, 6.07) is 10.5. The zero-order chi connectivity index (χ0) is 17.8. The molecule has 3 rings (SSSR count). The molecule has 4 atom stereocenters. The molecule has 1 aromatic rings.